The molecule has 1 aromatic heterocycles. The van der Waals surface area contributed by atoms with Gasteiger partial charge in [0.2, 0.25) is 5.91 Å². The Labute approximate surface area is 160 Å². The van der Waals surface area contributed by atoms with Gasteiger partial charge < -0.3 is 14.4 Å². The number of aryl methyl sites for hydroxylation is 1. The third-order valence-corrected chi connectivity index (χ3v) is 4.76. The van der Waals surface area contributed by atoms with Crippen LogP contribution in [0.1, 0.15) is 36.5 Å². The number of rotatable bonds is 10. The molecule has 0 radical (unpaired) electrons. The number of ether oxygens (including phenoxy) is 2. The first-order valence-corrected chi connectivity index (χ1v) is 9.78. The molecule has 1 heterocycles. The van der Waals surface area contributed by atoms with Gasteiger partial charge in [0.25, 0.3) is 0 Å². The number of thiazole rings is 1. The highest BCUT2D eigenvalue weighted by Crippen LogP contribution is 2.18. The van der Waals surface area contributed by atoms with E-state index in [9.17, 15) is 4.79 Å². The zero-order chi connectivity index (χ0) is 18.9. The molecule has 0 fully saturated rings. The summed E-state index contributed by atoms with van der Waals surface area (Å²) in [6.07, 6.45) is 0.822. The van der Waals surface area contributed by atoms with Crippen molar-refractivity contribution in [1.29, 1.82) is 0 Å². The third kappa shape index (κ3) is 6.42. The van der Waals surface area contributed by atoms with Gasteiger partial charge in [0.15, 0.2) is 0 Å². The van der Waals surface area contributed by atoms with Gasteiger partial charge >= 0.3 is 0 Å². The third-order valence-electron chi connectivity index (χ3n) is 3.89. The van der Waals surface area contributed by atoms with Gasteiger partial charge in [0, 0.05) is 31.6 Å². The van der Waals surface area contributed by atoms with Gasteiger partial charge in [0.1, 0.15) is 17.4 Å². The van der Waals surface area contributed by atoms with Gasteiger partial charge in [-0.1, -0.05) is 26.0 Å². The van der Waals surface area contributed by atoms with E-state index in [2.05, 4.69) is 4.98 Å². The molecular formula is C20H28N2O3S. The second kappa shape index (κ2) is 10.3. The molecule has 0 N–H and O–H groups in total. The van der Waals surface area contributed by atoms with Gasteiger partial charge in [-0.15, -0.1) is 11.3 Å². The molecule has 2 aromatic rings. The molecule has 0 bridgehead atoms. The Morgan fingerprint density at radius 2 is 2.15 bits per heavy atom. The number of benzene rings is 1. The molecule has 0 aliphatic rings. The van der Waals surface area contributed by atoms with Crippen molar-refractivity contribution in [2.75, 3.05) is 20.3 Å². The van der Waals surface area contributed by atoms with Gasteiger partial charge in [-0.25, -0.2) is 4.98 Å². The van der Waals surface area contributed by atoms with Crippen LogP contribution in [0.15, 0.2) is 29.6 Å². The highest BCUT2D eigenvalue weighted by Gasteiger charge is 2.18. The van der Waals surface area contributed by atoms with Crippen LogP contribution >= 0.6 is 11.3 Å². The van der Waals surface area contributed by atoms with Crippen molar-refractivity contribution in [3.05, 3.63) is 45.9 Å². The minimum atomic E-state index is -0.0275. The number of methoxy groups -OCH3 is 1. The fourth-order valence-electron chi connectivity index (χ4n) is 2.57. The molecule has 1 aromatic carbocycles. The Morgan fingerprint density at radius 1 is 1.35 bits per heavy atom. The number of carbonyl (C=O) groups excluding carboxylic acids is 1. The number of aromatic nitrogens is 1. The average Bonchev–Trinajstić information content (AvgIpc) is 3.06. The van der Waals surface area contributed by atoms with E-state index in [1.54, 1.807) is 18.4 Å². The summed E-state index contributed by atoms with van der Waals surface area (Å²) in [6, 6.07) is 7.97. The van der Waals surface area contributed by atoms with Crippen LogP contribution in [0.25, 0.3) is 0 Å². The zero-order valence-electron chi connectivity index (χ0n) is 16.0. The van der Waals surface area contributed by atoms with Crippen LogP contribution in [0.3, 0.4) is 0 Å². The fourth-order valence-corrected chi connectivity index (χ4v) is 3.26. The van der Waals surface area contributed by atoms with E-state index in [-0.39, 0.29) is 11.8 Å². The monoisotopic (exact) mass is 376 g/mol. The molecule has 0 aliphatic heterocycles. The number of nitrogens with zero attached hydrogens (tertiary/aromatic N) is 2. The molecule has 5 nitrogen and oxygen atoms in total. The fraction of sp³-hybridized carbons (Fsp3) is 0.500. The molecule has 2 rings (SSSR count). The predicted octanol–water partition coefficient (Wildman–Crippen LogP) is 4.05. The van der Waals surface area contributed by atoms with Crippen molar-refractivity contribution >= 4 is 17.2 Å². The minimum absolute atomic E-state index is 0.0275. The van der Waals surface area contributed by atoms with E-state index in [1.165, 1.54) is 5.56 Å². The molecule has 0 spiro atoms. The normalized spacial score (nSPS) is 11.0. The van der Waals surface area contributed by atoms with E-state index in [1.807, 2.05) is 55.3 Å². The Hall–Kier alpha value is -1.92. The summed E-state index contributed by atoms with van der Waals surface area (Å²) < 4.78 is 10.9. The van der Waals surface area contributed by atoms with Crippen LogP contribution < -0.4 is 4.74 Å². The summed E-state index contributed by atoms with van der Waals surface area (Å²) in [5.41, 5.74) is 2.07. The van der Waals surface area contributed by atoms with Crippen LogP contribution in [-0.2, 0) is 22.7 Å². The SMILES string of the molecule is COCCCN(Cc1csc(COc2cccc(C)c2)n1)C(=O)C(C)C. The van der Waals surface area contributed by atoms with Crippen molar-refractivity contribution in [3.63, 3.8) is 0 Å². The summed E-state index contributed by atoms with van der Waals surface area (Å²) in [7, 11) is 1.68. The Morgan fingerprint density at radius 3 is 2.85 bits per heavy atom. The maximum atomic E-state index is 12.4. The molecule has 0 aliphatic carbocycles. The lowest BCUT2D eigenvalue weighted by Gasteiger charge is -2.23. The highest BCUT2D eigenvalue weighted by molar-refractivity contribution is 7.09. The molecule has 1 amide bonds. The largest absolute Gasteiger partial charge is 0.486 e. The quantitative estimate of drug-likeness (QED) is 0.587. The van der Waals surface area contributed by atoms with Gasteiger partial charge in [-0.2, -0.15) is 0 Å². The summed E-state index contributed by atoms with van der Waals surface area (Å²) in [5, 5.41) is 2.92. The second-order valence-corrected chi connectivity index (χ2v) is 7.54. The van der Waals surface area contributed by atoms with Gasteiger partial charge in [-0.3, -0.25) is 4.79 Å². The van der Waals surface area contributed by atoms with E-state index < -0.39 is 0 Å². The number of hydrogen-bond acceptors (Lipinski definition) is 5. The lowest BCUT2D eigenvalue weighted by molar-refractivity contribution is -0.135. The first-order chi connectivity index (χ1) is 12.5. The molecule has 0 saturated carbocycles. The van der Waals surface area contributed by atoms with Crippen molar-refractivity contribution in [2.45, 2.75) is 40.3 Å². The smallest absolute Gasteiger partial charge is 0.225 e. The van der Waals surface area contributed by atoms with Crippen LogP contribution in [0, 0.1) is 12.8 Å². The summed E-state index contributed by atoms with van der Waals surface area (Å²) in [6.45, 7) is 8.18. The number of amides is 1. The topological polar surface area (TPSA) is 51.7 Å². The number of carbonyl (C=O) groups is 1. The Bertz CT molecular complexity index is 700. The predicted molar refractivity (Wildman–Crippen MR) is 104 cm³/mol. The first-order valence-electron chi connectivity index (χ1n) is 8.90. The van der Waals surface area contributed by atoms with Gasteiger partial charge in [0.05, 0.1) is 12.2 Å². The van der Waals surface area contributed by atoms with E-state index in [4.69, 9.17) is 9.47 Å². The van der Waals surface area contributed by atoms with E-state index in [0.717, 1.165) is 22.9 Å². The number of hydrogen-bond donors (Lipinski definition) is 0. The molecule has 0 unspecified atom stereocenters. The lowest BCUT2D eigenvalue weighted by atomic mass is 10.2. The van der Waals surface area contributed by atoms with Crippen LogP contribution in [-0.4, -0.2) is 36.1 Å². The van der Waals surface area contributed by atoms with Crippen LogP contribution in [0.5, 0.6) is 5.75 Å². The minimum Gasteiger partial charge on any atom is -0.486 e. The average molecular weight is 377 g/mol. The summed E-state index contributed by atoms with van der Waals surface area (Å²) in [4.78, 5) is 18.9. The lowest BCUT2D eigenvalue weighted by Crippen LogP contribution is -2.35. The molecule has 0 saturated heterocycles. The van der Waals surface area contributed by atoms with Crippen LogP contribution in [0.2, 0.25) is 0 Å². The molecular weight excluding hydrogens is 348 g/mol. The molecule has 26 heavy (non-hydrogen) atoms. The molecule has 6 heteroatoms. The zero-order valence-corrected chi connectivity index (χ0v) is 16.8. The summed E-state index contributed by atoms with van der Waals surface area (Å²) in [5.74, 6) is 0.963. The standard InChI is InChI=1S/C20H28N2O3S/c1-15(2)20(23)22(9-6-10-24-4)12-17-14-26-19(21-17)13-25-18-8-5-7-16(3)11-18/h5,7-8,11,14-15H,6,9-10,12-13H2,1-4H3. The van der Waals surface area contributed by atoms with Gasteiger partial charge in [-0.05, 0) is 31.0 Å². The second-order valence-electron chi connectivity index (χ2n) is 6.60. The van der Waals surface area contributed by atoms with E-state index in [0.29, 0.717) is 26.3 Å². The van der Waals surface area contributed by atoms with Crippen LogP contribution in [0.4, 0.5) is 0 Å². The Balaban J connectivity index is 1.94. The van der Waals surface area contributed by atoms with Crippen molar-refractivity contribution < 1.29 is 14.3 Å². The Kier molecular flexibility index (Phi) is 8.06. The van der Waals surface area contributed by atoms with E-state index >= 15 is 0 Å². The maximum Gasteiger partial charge on any atom is 0.225 e. The van der Waals surface area contributed by atoms with Crippen molar-refractivity contribution in [2.24, 2.45) is 5.92 Å². The maximum absolute atomic E-state index is 12.4. The van der Waals surface area contributed by atoms with Crippen molar-refractivity contribution in [1.82, 2.24) is 9.88 Å². The highest BCUT2D eigenvalue weighted by atomic mass is 32.1. The van der Waals surface area contributed by atoms with Crippen molar-refractivity contribution in [3.8, 4) is 5.75 Å². The first kappa shape index (κ1) is 20.4. The molecule has 142 valence electrons. The summed E-state index contributed by atoms with van der Waals surface area (Å²) >= 11 is 1.56. The molecule has 0 atom stereocenters.